The van der Waals surface area contributed by atoms with Gasteiger partial charge in [-0.15, -0.1) is 22.7 Å². The van der Waals surface area contributed by atoms with E-state index < -0.39 is 29.4 Å². The van der Waals surface area contributed by atoms with Crippen LogP contribution in [0.4, 0.5) is 27.7 Å². The number of rotatable bonds is 5. The van der Waals surface area contributed by atoms with Crippen LogP contribution in [-0.2, 0) is 17.4 Å². The summed E-state index contributed by atoms with van der Waals surface area (Å²) in [4.78, 5) is 28.3. The Morgan fingerprint density at radius 2 is 1.90 bits per heavy atom. The number of nitrogen functional groups attached to an aromatic ring is 1. The second-order valence-electron chi connectivity index (χ2n) is 6.07. The number of thiophene rings is 1. The van der Waals surface area contributed by atoms with E-state index in [9.17, 15) is 27.2 Å². The third kappa shape index (κ3) is 4.76. The zero-order valence-electron chi connectivity index (χ0n) is 15.3. The summed E-state index contributed by atoms with van der Waals surface area (Å²) in [6, 6.07) is 2.11. The van der Waals surface area contributed by atoms with Crippen LogP contribution in [-0.4, -0.2) is 23.8 Å². The van der Waals surface area contributed by atoms with Crippen LogP contribution < -0.4 is 16.4 Å². The molecule has 158 valence electrons. The summed E-state index contributed by atoms with van der Waals surface area (Å²) in [5, 5.41) is 8.37. The number of carbonyl (C=O) groups excluding carboxylic acids is 2. The Morgan fingerprint density at radius 1 is 1.17 bits per heavy atom. The highest BCUT2D eigenvalue weighted by atomic mass is 32.1. The zero-order valence-corrected chi connectivity index (χ0v) is 16.9. The number of carbonyl (C=O) groups is 2. The number of alkyl halides is 3. The molecule has 0 saturated carbocycles. The normalized spacial score (nSPS) is 11.4. The second kappa shape index (κ2) is 8.40. The van der Waals surface area contributed by atoms with Gasteiger partial charge in [-0.2, -0.15) is 13.2 Å². The van der Waals surface area contributed by atoms with Gasteiger partial charge in [-0.3, -0.25) is 9.59 Å². The number of anilines is 2. The lowest BCUT2D eigenvalue weighted by Gasteiger charge is -2.08. The van der Waals surface area contributed by atoms with Gasteiger partial charge in [-0.25, -0.2) is 9.37 Å². The van der Waals surface area contributed by atoms with E-state index in [-0.39, 0.29) is 33.4 Å². The number of aromatic nitrogens is 1. The third-order valence-electron chi connectivity index (χ3n) is 3.97. The van der Waals surface area contributed by atoms with Crippen LogP contribution >= 0.6 is 22.7 Å². The molecule has 0 spiro atoms. The first kappa shape index (κ1) is 21.7. The van der Waals surface area contributed by atoms with Gasteiger partial charge in [-0.05, 0) is 29.1 Å². The van der Waals surface area contributed by atoms with Gasteiger partial charge in [0.1, 0.15) is 5.82 Å². The van der Waals surface area contributed by atoms with Crippen molar-refractivity contribution < 1.29 is 27.2 Å². The van der Waals surface area contributed by atoms with Crippen molar-refractivity contribution in [3.63, 3.8) is 0 Å². The first-order chi connectivity index (χ1) is 14.1. The van der Waals surface area contributed by atoms with Crippen molar-refractivity contribution in [3.05, 3.63) is 51.5 Å². The average molecular weight is 458 g/mol. The van der Waals surface area contributed by atoms with Crippen LogP contribution in [0.25, 0.3) is 11.3 Å². The molecule has 2 amide bonds. The predicted molar refractivity (Wildman–Crippen MR) is 107 cm³/mol. The smallest absolute Gasteiger partial charge is 0.390 e. The molecule has 30 heavy (non-hydrogen) atoms. The molecule has 12 heteroatoms. The van der Waals surface area contributed by atoms with Crippen LogP contribution in [0.1, 0.15) is 21.5 Å². The van der Waals surface area contributed by atoms with E-state index in [2.05, 4.69) is 15.6 Å². The number of nitrogens with one attached hydrogen (secondary N) is 2. The summed E-state index contributed by atoms with van der Waals surface area (Å²) in [6.45, 7) is 0. The monoisotopic (exact) mass is 458 g/mol. The molecule has 0 aliphatic carbocycles. The molecule has 3 aromatic rings. The molecule has 0 radical (unpaired) electrons. The van der Waals surface area contributed by atoms with Crippen molar-refractivity contribution in [1.82, 2.24) is 10.3 Å². The molecule has 0 saturated heterocycles. The molecular formula is C18H14F4N4O2S2. The van der Waals surface area contributed by atoms with Gasteiger partial charge < -0.3 is 16.4 Å². The van der Waals surface area contributed by atoms with Crippen LogP contribution in [0.3, 0.4) is 0 Å². The quantitative estimate of drug-likeness (QED) is 0.501. The molecule has 0 atom stereocenters. The summed E-state index contributed by atoms with van der Waals surface area (Å²) >= 11 is 2.10. The molecule has 6 nitrogen and oxygen atoms in total. The lowest BCUT2D eigenvalue weighted by atomic mass is 10.1. The zero-order chi connectivity index (χ0) is 22.1. The molecular weight excluding hydrogens is 444 g/mol. The fourth-order valence-corrected chi connectivity index (χ4v) is 4.17. The van der Waals surface area contributed by atoms with Gasteiger partial charge >= 0.3 is 6.18 Å². The largest absolute Gasteiger partial charge is 0.416 e. The van der Waals surface area contributed by atoms with Crippen LogP contribution in [0.5, 0.6) is 0 Å². The Bertz CT molecular complexity index is 1110. The Hall–Kier alpha value is -2.99. The van der Waals surface area contributed by atoms with E-state index in [0.717, 1.165) is 34.8 Å². The highest BCUT2D eigenvalue weighted by molar-refractivity contribution is 7.14. The van der Waals surface area contributed by atoms with Crippen LogP contribution in [0.15, 0.2) is 29.0 Å². The Kier molecular flexibility index (Phi) is 6.08. The third-order valence-corrected chi connectivity index (χ3v) is 5.59. The number of amides is 2. The first-order valence-electron chi connectivity index (χ1n) is 8.30. The first-order valence-corrected chi connectivity index (χ1v) is 10.1. The number of halogens is 4. The molecule has 3 rings (SSSR count). The number of benzene rings is 1. The number of nitrogens with two attached hydrogens (primary N) is 1. The summed E-state index contributed by atoms with van der Waals surface area (Å²) in [5.41, 5.74) is 5.32. The van der Waals surface area contributed by atoms with Crippen LogP contribution in [0, 0.1) is 5.82 Å². The highest BCUT2D eigenvalue weighted by Gasteiger charge is 2.31. The van der Waals surface area contributed by atoms with Gasteiger partial charge in [0.2, 0.25) is 5.91 Å². The topological polar surface area (TPSA) is 97.1 Å². The minimum atomic E-state index is -4.70. The summed E-state index contributed by atoms with van der Waals surface area (Å²) in [5.74, 6) is -1.95. The van der Waals surface area contributed by atoms with Crippen molar-refractivity contribution in [2.45, 2.75) is 12.6 Å². The van der Waals surface area contributed by atoms with Gasteiger partial charge in [0, 0.05) is 18.0 Å². The van der Waals surface area contributed by atoms with E-state index in [1.54, 1.807) is 5.38 Å². The molecule has 0 unspecified atom stereocenters. The van der Waals surface area contributed by atoms with Crippen molar-refractivity contribution in [2.24, 2.45) is 0 Å². The SMILES string of the molecule is CNC(=O)c1c(CC(=O)Nc2nc(-c3cc(F)cc(C(F)(F)F)c3)cs2)csc1N. The number of hydrogen-bond donors (Lipinski definition) is 3. The summed E-state index contributed by atoms with van der Waals surface area (Å²) in [6.07, 6.45) is -4.85. The maximum absolute atomic E-state index is 13.6. The maximum Gasteiger partial charge on any atom is 0.416 e. The maximum atomic E-state index is 13.6. The fraction of sp³-hybridized carbons (Fsp3) is 0.167. The Labute approximate surface area is 175 Å². The molecule has 0 aliphatic rings. The van der Waals surface area contributed by atoms with E-state index in [4.69, 9.17) is 5.73 Å². The predicted octanol–water partition coefficient (Wildman–Crippen LogP) is 4.15. The molecule has 2 heterocycles. The highest BCUT2D eigenvalue weighted by Crippen LogP contribution is 2.34. The van der Waals surface area contributed by atoms with Gasteiger partial charge in [0.25, 0.3) is 5.91 Å². The minimum Gasteiger partial charge on any atom is -0.390 e. The van der Waals surface area contributed by atoms with E-state index in [1.165, 1.54) is 12.4 Å². The second-order valence-corrected chi connectivity index (χ2v) is 7.84. The van der Waals surface area contributed by atoms with E-state index in [1.807, 2.05) is 0 Å². The molecule has 1 aromatic carbocycles. The fourth-order valence-electron chi connectivity index (χ4n) is 2.62. The molecule has 0 fully saturated rings. The molecule has 4 N–H and O–H groups in total. The lowest BCUT2D eigenvalue weighted by molar-refractivity contribution is -0.137. The Morgan fingerprint density at radius 3 is 2.57 bits per heavy atom. The van der Waals surface area contributed by atoms with Crippen molar-refractivity contribution in [2.75, 3.05) is 18.1 Å². The van der Waals surface area contributed by atoms with Gasteiger partial charge in [0.15, 0.2) is 5.13 Å². The van der Waals surface area contributed by atoms with Crippen LogP contribution in [0.2, 0.25) is 0 Å². The van der Waals surface area contributed by atoms with E-state index in [0.29, 0.717) is 11.6 Å². The van der Waals surface area contributed by atoms with Crippen molar-refractivity contribution in [3.8, 4) is 11.3 Å². The van der Waals surface area contributed by atoms with Gasteiger partial charge in [-0.1, -0.05) is 0 Å². The molecule has 0 bridgehead atoms. The molecule has 0 aliphatic heterocycles. The number of thiazole rings is 1. The van der Waals surface area contributed by atoms with Crippen molar-refractivity contribution in [1.29, 1.82) is 0 Å². The summed E-state index contributed by atoms with van der Waals surface area (Å²) < 4.78 is 52.3. The average Bonchev–Trinajstić information content (AvgIpc) is 3.26. The molecule has 2 aromatic heterocycles. The lowest BCUT2D eigenvalue weighted by Crippen LogP contribution is -2.22. The minimum absolute atomic E-state index is 0.0633. The number of hydrogen-bond acceptors (Lipinski definition) is 6. The van der Waals surface area contributed by atoms with Gasteiger partial charge in [0.05, 0.1) is 28.2 Å². The van der Waals surface area contributed by atoms with E-state index >= 15 is 0 Å². The standard InChI is InChI=1S/C18H14F4N4O2S2/c1-24-16(28)14-9(6-29-15(14)23)4-13(27)26-17-25-12(7-30-17)8-2-10(18(20,21)22)5-11(19)3-8/h2-3,5-7H,4,23H2,1H3,(H,24,28)(H,25,26,27). The number of nitrogens with zero attached hydrogens (tertiary/aromatic N) is 1. The van der Waals surface area contributed by atoms with Crippen molar-refractivity contribution >= 4 is 44.6 Å². The Balaban J connectivity index is 1.76. The summed E-state index contributed by atoms with van der Waals surface area (Å²) in [7, 11) is 1.44.